The fourth-order valence-corrected chi connectivity index (χ4v) is 2.10. The summed E-state index contributed by atoms with van der Waals surface area (Å²) in [5, 5.41) is 9.05. The Morgan fingerprint density at radius 2 is 2.00 bits per heavy atom. The fraction of sp³-hybridized carbons (Fsp3) is 0.0714. The molecule has 0 amide bonds. The van der Waals surface area contributed by atoms with E-state index in [-0.39, 0.29) is 27.0 Å². The van der Waals surface area contributed by atoms with Crippen LogP contribution in [0.5, 0.6) is 5.75 Å². The Morgan fingerprint density at radius 3 is 2.67 bits per heavy atom. The van der Waals surface area contributed by atoms with Crippen molar-refractivity contribution >= 4 is 27.6 Å². The van der Waals surface area contributed by atoms with E-state index in [2.05, 4.69) is 15.9 Å². The second-order valence-electron chi connectivity index (χ2n) is 4.14. The van der Waals surface area contributed by atoms with Crippen LogP contribution in [0.2, 0.25) is 0 Å². The molecule has 0 unspecified atom stereocenters. The van der Waals surface area contributed by atoms with Crippen LogP contribution in [0, 0.1) is 11.6 Å². The maximum Gasteiger partial charge on any atom is 0.339 e. The summed E-state index contributed by atoms with van der Waals surface area (Å²) < 4.78 is 32.7. The lowest BCUT2D eigenvalue weighted by Crippen LogP contribution is -2.08. The van der Waals surface area contributed by atoms with E-state index < -0.39 is 24.2 Å². The van der Waals surface area contributed by atoms with Gasteiger partial charge < -0.3 is 15.6 Å². The number of carboxylic acid groups (broad SMARTS) is 1. The van der Waals surface area contributed by atoms with Crippen molar-refractivity contribution in [2.45, 2.75) is 6.61 Å². The fourth-order valence-electron chi connectivity index (χ4n) is 1.73. The first-order chi connectivity index (χ1) is 9.91. The molecule has 21 heavy (non-hydrogen) atoms. The second-order valence-corrected chi connectivity index (χ2v) is 4.99. The first-order valence-electron chi connectivity index (χ1n) is 5.78. The molecule has 0 bridgehead atoms. The smallest absolute Gasteiger partial charge is 0.339 e. The summed E-state index contributed by atoms with van der Waals surface area (Å²) in [5.74, 6) is -2.96. The number of benzene rings is 2. The number of ether oxygens (including phenoxy) is 1. The van der Waals surface area contributed by atoms with Crippen LogP contribution in [-0.2, 0) is 6.61 Å². The number of anilines is 1. The van der Waals surface area contributed by atoms with Crippen molar-refractivity contribution in [2.75, 3.05) is 5.73 Å². The molecule has 0 heterocycles. The molecule has 0 aromatic heterocycles. The van der Waals surface area contributed by atoms with Gasteiger partial charge in [-0.2, -0.15) is 0 Å². The summed E-state index contributed by atoms with van der Waals surface area (Å²) in [6.07, 6.45) is 0. The number of rotatable bonds is 4. The Kier molecular flexibility index (Phi) is 4.42. The highest BCUT2D eigenvalue weighted by molar-refractivity contribution is 9.10. The first kappa shape index (κ1) is 15.2. The van der Waals surface area contributed by atoms with Gasteiger partial charge in [-0.1, -0.05) is 6.07 Å². The Balaban J connectivity index is 2.34. The lowest BCUT2D eigenvalue weighted by atomic mass is 10.1. The minimum Gasteiger partial charge on any atom is -0.486 e. The van der Waals surface area contributed by atoms with Gasteiger partial charge in [-0.15, -0.1) is 0 Å². The molecule has 0 aliphatic rings. The molecule has 2 aromatic rings. The monoisotopic (exact) mass is 357 g/mol. The van der Waals surface area contributed by atoms with Crippen LogP contribution in [0.15, 0.2) is 34.8 Å². The Morgan fingerprint density at radius 1 is 1.29 bits per heavy atom. The van der Waals surface area contributed by atoms with Gasteiger partial charge in [0.1, 0.15) is 23.8 Å². The van der Waals surface area contributed by atoms with E-state index in [9.17, 15) is 13.6 Å². The molecule has 0 fully saturated rings. The summed E-state index contributed by atoms with van der Waals surface area (Å²) in [5.41, 5.74) is 5.23. The maximum absolute atomic E-state index is 13.8. The molecule has 0 spiro atoms. The molecule has 0 atom stereocenters. The predicted octanol–water partition coefficient (Wildman–Crippen LogP) is 3.59. The summed E-state index contributed by atoms with van der Waals surface area (Å²) in [6, 6.07) is 6.50. The third kappa shape index (κ3) is 3.13. The summed E-state index contributed by atoms with van der Waals surface area (Å²) in [4.78, 5) is 11.1. The summed E-state index contributed by atoms with van der Waals surface area (Å²) in [6.45, 7) is -0.481. The van der Waals surface area contributed by atoms with E-state index in [1.807, 2.05) is 0 Å². The van der Waals surface area contributed by atoms with Gasteiger partial charge in [0.2, 0.25) is 0 Å². The van der Waals surface area contributed by atoms with Gasteiger partial charge in [0.05, 0.1) is 15.7 Å². The lowest BCUT2D eigenvalue weighted by molar-refractivity contribution is 0.0692. The van der Waals surface area contributed by atoms with E-state index in [4.69, 9.17) is 15.6 Å². The second kappa shape index (κ2) is 6.09. The van der Waals surface area contributed by atoms with Crippen molar-refractivity contribution in [3.8, 4) is 5.75 Å². The number of halogens is 3. The van der Waals surface area contributed by atoms with E-state index in [0.717, 1.165) is 6.07 Å². The Hall–Kier alpha value is -2.15. The van der Waals surface area contributed by atoms with Gasteiger partial charge in [0, 0.05) is 0 Å². The minimum absolute atomic E-state index is 0.0747. The van der Waals surface area contributed by atoms with Crippen LogP contribution >= 0.6 is 15.9 Å². The molecule has 3 N–H and O–H groups in total. The van der Waals surface area contributed by atoms with Crippen LogP contribution in [0.1, 0.15) is 15.9 Å². The largest absolute Gasteiger partial charge is 0.486 e. The van der Waals surface area contributed by atoms with Crippen LogP contribution in [0.4, 0.5) is 14.5 Å². The van der Waals surface area contributed by atoms with Gasteiger partial charge in [-0.3, -0.25) is 0 Å². The summed E-state index contributed by atoms with van der Waals surface area (Å²) >= 11 is 2.94. The molecular weight excluding hydrogens is 348 g/mol. The quantitative estimate of drug-likeness (QED) is 0.647. The van der Waals surface area contributed by atoms with Crippen molar-refractivity contribution in [3.05, 3.63) is 57.6 Å². The lowest BCUT2D eigenvalue weighted by Gasteiger charge is -2.13. The van der Waals surface area contributed by atoms with Gasteiger partial charge >= 0.3 is 5.97 Å². The van der Waals surface area contributed by atoms with E-state index in [1.165, 1.54) is 24.3 Å². The van der Waals surface area contributed by atoms with Gasteiger partial charge in [-0.25, -0.2) is 13.6 Å². The van der Waals surface area contributed by atoms with Gasteiger partial charge in [0.15, 0.2) is 5.75 Å². The Bertz CT molecular complexity index is 707. The van der Waals surface area contributed by atoms with Gasteiger partial charge in [0.25, 0.3) is 0 Å². The molecule has 0 saturated heterocycles. The molecular formula is C14H10BrF2NO3. The number of nitrogen functional groups attached to an aromatic ring is 1. The number of aromatic carboxylic acids is 1. The highest BCUT2D eigenvalue weighted by Crippen LogP contribution is 2.29. The van der Waals surface area contributed by atoms with Crippen LogP contribution in [0.3, 0.4) is 0 Å². The number of para-hydroxylation sites is 1. The van der Waals surface area contributed by atoms with Gasteiger partial charge in [-0.05, 0) is 40.2 Å². The van der Waals surface area contributed by atoms with E-state index >= 15 is 0 Å². The average Bonchev–Trinajstić information content (AvgIpc) is 2.44. The molecule has 0 radical (unpaired) electrons. The zero-order chi connectivity index (χ0) is 15.6. The molecule has 0 saturated carbocycles. The first-order valence-corrected chi connectivity index (χ1v) is 6.58. The standard InChI is InChI=1S/C14H10BrF2NO3/c15-9-4-5-10(16)8(12(9)17)6-21-13-7(14(19)20)2-1-3-11(13)18/h1-5H,6,18H2,(H,19,20). The molecule has 4 nitrogen and oxygen atoms in total. The molecule has 0 aliphatic carbocycles. The third-order valence-electron chi connectivity index (χ3n) is 2.78. The topological polar surface area (TPSA) is 72.6 Å². The van der Waals surface area contributed by atoms with Crippen molar-refractivity contribution in [3.63, 3.8) is 0 Å². The number of carboxylic acids is 1. The van der Waals surface area contributed by atoms with Crippen LogP contribution < -0.4 is 10.5 Å². The number of hydrogen-bond donors (Lipinski definition) is 2. The molecule has 7 heteroatoms. The zero-order valence-electron chi connectivity index (χ0n) is 10.6. The molecule has 0 aliphatic heterocycles. The van der Waals surface area contributed by atoms with Crippen molar-refractivity contribution < 1.29 is 23.4 Å². The normalized spacial score (nSPS) is 10.4. The number of hydrogen-bond acceptors (Lipinski definition) is 3. The van der Waals surface area contributed by atoms with Crippen LogP contribution in [-0.4, -0.2) is 11.1 Å². The Labute approximate surface area is 127 Å². The highest BCUT2D eigenvalue weighted by atomic mass is 79.9. The van der Waals surface area contributed by atoms with Crippen molar-refractivity contribution in [2.24, 2.45) is 0 Å². The van der Waals surface area contributed by atoms with Crippen molar-refractivity contribution in [1.82, 2.24) is 0 Å². The average molecular weight is 358 g/mol. The third-order valence-corrected chi connectivity index (χ3v) is 3.39. The van der Waals surface area contributed by atoms with E-state index in [0.29, 0.717) is 0 Å². The minimum atomic E-state index is -1.24. The molecule has 110 valence electrons. The number of carbonyl (C=O) groups is 1. The highest BCUT2D eigenvalue weighted by Gasteiger charge is 2.17. The molecule has 2 aromatic carbocycles. The summed E-state index contributed by atoms with van der Waals surface area (Å²) in [7, 11) is 0. The SMILES string of the molecule is Nc1cccc(C(=O)O)c1OCc1c(F)ccc(Br)c1F. The predicted molar refractivity (Wildman–Crippen MR) is 76.2 cm³/mol. The van der Waals surface area contributed by atoms with Crippen LogP contribution in [0.25, 0.3) is 0 Å². The van der Waals surface area contributed by atoms with E-state index in [1.54, 1.807) is 0 Å². The van der Waals surface area contributed by atoms with Crippen molar-refractivity contribution in [1.29, 1.82) is 0 Å². The number of nitrogens with two attached hydrogens (primary N) is 1. The molecule has 2 rings (SSSR count). The zero-order valence-corrected chi connectivity index (χ0v) is 12.2. The maximum atomic E-state index is 13.8.